The number of hydrogen-bond donors (Lipinski definition) is 3. The molecule has 0 aliphatic carbocycles. The molecule has 0 aliphatic rings. The van der Waals surface area contributed by atoms with Gasteiger partial charge in [0, 0.05) is 25.7 Å². The number of aliphatic hydroxyl groups excluding tert-OH is 1. The number of rotatable bonds is 81. The second-order valence-corrected chi connectivity index (χ2v) is 34.8. The molecule has 6 atom stereocenters. The minimum absolute atomic E-state index is 0.107. The minimum Gasteiger partial charge on any atom is -0.462 e. The van der Waals surface area contributed by atoms with E-state index in [0.717, 1.165) is 114 Å². The molecule has 0 amide bonds. The number of phosphoric ester groups is 2. The largest absolute Gasteiger partial charge is 0.472 e. The van der Waals surface area contributed by atoms with E-state index >= 15 is 0 Å². The van der Waals surface area contributed by atoms with E-state index in [1.807, 2.05) is 0 Å². The van der Waals surface area contributed by atoms with Crippen molar-refractivity contribution in [2.24, 2.45) is 23.7 Å². The third-order valence-corrected chi connectivity index (χ3v) is 21.8. The molecule has 17 nitrogen and oxygen atoms in total. The summed E-state index contributed by atoms with van der Waals surface area (Å²) in [5.74, 6) is 1.02. The summed E-state index contributed by atoms with van der Waals surface area (Å²) in [5.41, 5.74) is 0. The fraction of sp³-hybridized carbons (Fsp3) is 0.952. The molecule has 3 N–H and O–H groups in total. The van der Waals surface area contributed by atoms with Gasteiger partial charge in [0.2, 0.25) is 0 Å². The van der Waals surface area contributed by atoms with Gasteiger partial charge in [0.25, 0.3) is 0 Å². The zero-order valence-electron chi connectivity index (χ0n) is 68.0. The standard InChI is InChI=1S/C84H164O17P2/c1-9-77(8)63-55-47-39-31-25-21-17-12-10-11-13-18-22-26-32-41-50-58-67-84(89)101-80(71-95-82(87)65-57-49-43-35-38-46-54-62-76(6)7)73-99-103(92,93)97-69-78(85)68-96-102(90,91)98-72-79(70-94-81(86)64-56-48-40-34-28-30-37-45-53-61-75(4)5)100-83(88)66-59-51-42-33-27-23-19-15-14-16-20-24-29-36-44-52-60-74(2)3/h74-80,85H,9-73H2,1-8H3,(H,90,91)(H,92,93)/t77?,78?,79-,80-/m1/s1. The third kappa shape index (κ3) is 76.6. The Bertz CT molecular complexity index is 2010. The Balaban J connectivity index is 5.18. The van der Waals surface area contributed by atoms with E-state index in [-0.39, 0.29) is 25.7 Å². The highest BCUT2D eigenvalue weighted by Gasteiger charge is 2.30. The molecule has 0 rings (SSSR count). The van der Waals surface area contributed by atoms with Crippen LogP contribution >= 0.6 is 15.6 Å². The van der Waals surface area contributed by atoms with Gasteiger partial charge in [-0.1, -0.05) is 383 Å². The van der Waals surface area contributed by atoms with Crippen molar-refractivity contribution in [1.29, 1.82) is 0 Å². The third-order valence-electron chi connectivity index (χ3n) is 19.9. The van der Waals surface area contributed by atoms with Gasteiger partial charge in [-0.2, -0.15) is 0 Å². The van der Waals surface area contributed by atoms with Crippen LogP contribution in [0.2, 0.25) is 0 Å². The molecule has 0 heterocycles. The molecule has 0 radical (unpaired) electrons. The topological polar surface area (TPSA) is 237 Å². The molecule has 0 aliphatic heterocycles. The van der Waals surface area contributed by atoms with Crippen molar-refractivity contribution >= 4 is 39.5 Å². The molecule has 0 saturated heterocycles. The molecule has 0 aromatic carbocycles. The van der Waals surface area contributed by atoms with Crippen LogP contribution in [0, 0.1) is 23.7 Å². The Morgan fingerprint density at radius 2 is 0.466 bits per heavy atom. The van der Waals surface area contributed by atoms with Crippen molar-refractivity contribution in [1.82, 2.24) is 0 Å². The number of unbranched alkanes of at least 4 members (excludes halogenated alkanes) is 46. The van der Waals surface area contributed by atoms with E-state index in [1.54, 1.807) is 0 Å². The molecule has 612 valence electrons. The van der Waals surface area contributed by atoms with Gasteiger partial charge < -0.3 is 33.8 Å². The molecule has 0 aromatic rings. The Morgan fingerprint density at radius 1 is 0.272 bits per heavy atom. The summed E-state index contributed by atoms with van der Waals surface area (Å²) >= 11 is 0. The fourth-order valence-electron chi connectivity index (χ4n) is 12.9. The van der Waals surface area contributed by atoms with Crippen LogP contribution in [-0.4, -0.2) is 96.7 Å². The van der Waals surface area contributed by atoms with Crippen LogP contribution in [0.15, 0.2) is 0 Å². The first-order valence-corrected chi connectivity index (χ1v) is 46.2. The number of hydrogen-bond acceptors (Lipinski definition) is 15. The number of ether oxygens (including phenoxy) is 4. The average Bonchev–Trinajstić information content (AvgIpc) is 0.921. The van der Waals surface area contributed by atoms with Crippen molar-refractivity contribution in [2.75, 3.05) is 39.6 Å². The van der Waals surface area contributed by atoms with Crippen LogP contribution in [0.3, 0.4) is 0 Å². The second-order valence-electron chi connectivity index (χ2n) is 31.9. The maximum atomic E-state index is 13.1. The van der Waals surface area contributed by atoms with E-state index in [4.69, 9.17) is 37.0 Å². The van der Waals surface area contributed by atoms with Gasteiger partial charge in [-0.05, 0) is 49.4 Å². The van der Waals surface area contributed by atoms with Crippen molar-refractivity contribution in [3.63, 3.8) is 0 Å². The molecular weight excluding hydrogens is 1340 g/mol. The first-order chi connectivity index (χ1) is 49.6. The van der Waals surface area contributed by atoms with Gasteiger partial charge >= 0.3 is 39.5 Å². The summed E-state index contributed by atoms with van der Waals surface area (Å²) < 4.78 is 68.8. The highest BCUT2D eigenvalue weighted by atomic mass is 31.2. The molecule has 4 unspecified atom stereocenters. The van der Waals surface area contributed by atoms with Crippen LogP contribution in [0.1, 0.15) is 434 Å². The van der Waals surface area contributed by atoms with E-state index < -0.39 is 97.5 Å². The summed E-state index contributed by atoms with van der Waals surface area (Å²) in [5, 5.41) is 10.7. The lowest BCUT2D eigenvalue weighted by molar-refractivity contribution is -0.161. The normalized spacial score (nSPS) is 14.2. The van der Waals surface area contributed by atoms with E-state index in [1.165, 1.54) is 231 Å². The van der Waals surface area contributed by atoms with Crippen LogP contribution in [0.5, 0.6) is 0 Å². The lowest BCUT2D eigenvalue weighted by atomic mass is 9.99. The average molecular weight is 1510 g/mol. The second kappa shape index (κ2) is 72.9. The lowest BCUT2D eigenvalue weighted by Gasteiger charge is -2.21. The number of carbonyl (C=O) groups excluding carboxylic acids is 4. The molecule has 0 fully saturated rings. The predicted molar refractivity (Wildman–Crippen MR) is 423 cm³/mol. The smallest absolute Gasteiger partial charge is 0.462 e. The molecule has 0 spiro atoms. The van der Waals surface area contributed by atoms with Crippen LogP contribution in [0.4, 0.5) is 0 Å². The molecule has 0 bridgehead atoms. The quantitative estimate of drug-likeness (QED) is 0.0222. The monoisotopic (exact) mass is 1510 g/mol. The molecular formula is C84H164O17P2. The van der Waals surface area contributed by atoms with Gasteiger partial charge in [-0.3, -0.25) is 37.3 Å². The Labute approximate surface area is 632 Å². The molecule has 0 aromatic heterocycles. The number of esters is 4. The highest BCUT2D eigenvalue weighted by molar-refractivity contribution is 7.47. The van der Waals surface area contributed by atoms with Crippen molar-refractivity contribution in [2.45, 2.75) is 453 Å². The van der Waals surface area contributed by atoms with Crippen LogP contribution in [-0.2, 0) is 65.4 Å². The maximum absolute atomic E-state index is 13.1. The van der Waals surface area contributed by atoms with Gasteiger partial charge in [0.05, 0.1) is 26.4 Å². The zero-order valence-corrected chi connectivity index (χ0v) is 69.7. The van der Waals surface area contributed by atoms with Gasteiger partial charge in [-0.15, -0.1) is 0 Å². The number of aliphatic hydroxyl groups is 1. The number of phosphoric acid groups is 2. The molecule has 103 heavy (non-hydrogen) atoms. The SMILES string of the molecule is CCC(C)CCCCCCCCCCCCCCCCCCCCC(=O)O[C@H](COC(=O)CCCCCCCCCC(C)C)COP(=O)(O)OCC(O)COP(=O)(O)OC[C@@H](COC(=O)CCCCCCCCCCCC(C)C)OC(=O)CCCCCCCCCCCCCCCCCCC(C)C. The van der Waals surface area contributed by atoms with Crippen LogP contribution < -0.4 is 0 Å². The Hall–Kier alpha value is -1.94. The fourth-order valence-corrected chi connectivity index (χ4v) is 14.5. The van der Waals surface area contributed by atoms with E-state index in [2.05, 4.69) is 55.4 Å². The summed E-state index contributed by atoms with van der Waals surface area (Å²) in [4.78, 5) is 73.1. The summed E-state index contributed by atoms with van der Waals surface area (Å²) in [6, 6.07) is 0. The first kappa shape index (κ1) is 101. The van der Waals surface area contributed by atoms with Gasteiger partial charge in [0.15, 0.2) is 12.2 Å². The van der Waals surface area contributed by atoms with Gasteiger partial charge in [-0.25, -0.2) is 9.13 Å². The minimum atomic E-state index is -4.96. The van der Waals surface area contributed by atoms with Crippen molar-refractivity contribution in [3.05, 3.63) is 0 Å². The predicted octanol–water partition coefficient (Wildman–Crippen LogP) is 25.2. The van der Waals surface area contributed by atoms with E-state index in [0.29, 0.717) is 31.6 Å². The van der Waals surface area contributed by atoms with Crippen LogP contribution in [0.25, 0.3) is 0 Å². The summed E-state index contributed by atoms with van der Waals surface area (Å²) in [7, 11) is -9.92. The summed E-state index contributed by atoms with van der Waals surface area (Å²) in [6.45, 7) is 14.3. The van der Waals surface area contributed by atoms with Crippen molar-refractivity contribution < 1.29 is 80.2 Å². The molecule has 0 saturated carbocycles. The molecule has 19 heteroatoms. The Morgan fingerprint density at radius 3 is 0.689 bits per heavy atom. The van der Waals surface area contributed by atoms with Crippen molar-refractivity contribution in [3.8, 4) is 0 Å². The van der Waals surface area contributed by atoms with Gasteiger partial charge in [0.1, 0.15) is 19.3 Å². The Kier molecular flexibility index (Phi) is 71.5. The van der Waals surface area contributed by atoms with E-state index in [9.17, 15) is 43.2 Å². The highest BCUT2D eigenvalue weighted by Crippen LogP contribution is 2.45. The lowest BCUT2D eigenvalue weighted by Crippen LogP contribution is -2.30. The number of carbonyl (C=O) groups is 4. The zero-order chi connectivity index (χ0) is 76.0. The first-order valence-electron chi connectivity index (χ1n) is 43.2. The summed E-state index contributed by atoms with van der Waals surface area (Å²) in [6.07, 6.45) is 61.2. The maximum Gasteiger partial charge on any atom is 0.472 e.